The molecule has 5 heteroatoms. The van der Waals surface area contributed by atoms with Crippen LogP contribution in [0.2, 0.25) is 5.02 Å². The van der Waals surface area contributed by atoms with Gasteiger partial charge in [-0.3, -0.25) is 0 Å². The number of nitrogens with zero attached hydrogens (tertiary/aromatic N) is 1. The summed E-state index contributed by atoms with van der Waals surface area (Å²) in [4.78, 5) is 15.6. The average Bonchev–Trinajstić information content (AvgIpc) is 2.24. The van der Waals surface area contributed by atoms with E-state index in [1.54, 1.807) is 13.8 Å². The number of carbonyl (C=O) groups excluding carboxylic acids is 1. The van der Waals surface area contributed by atoms with Crippen molar-refractivity contribution in [3.05, 3.63) is 21.8 Å². The average molecular weight is 230 g/mol. The van der Waals surface area contributed by atoms with Crippen molar-refractivity contribution in [1.29, 1.82) is 0 Å². The molecule has 0 aliphatic rings. The van der Waals surface area contributed by atoms with E-state index in [1.807, 2.05) is 0 Å². The largest absolute Gasteiger partial charge is 0.480 e. The molecule has 0 saturated carbocycles. The van der Waals surface area contributed by atoms with Gasteiger partial charge in [0.2, 0.25) is 5.88 Å². The van der Waals surface area contributed by atoms with E-state index in [0.717, 1.165) is 11.3 Å². The Labute approximate surface area is 93.2 Å². The minimum absolute atomic E-state index is 0.171. The Morgan fingerprint density at radius 2 is 1.93 bits per heavy atom. The van der Waals surface area contributed by atoms with Gasteiger partial charge in [-0.1, -0.05) is 11.6 Å². The third-order valence-electron chi connectivity index (χ3n) is 2.16. The fraction of sp³-hybridized carbons (Fsp3) is 0.400. The molecule has 4 nitrogen and oxygen atoms in total. The number of methoxy groups -OCH3 is 2. The summed E-state index contributed by atoms with van der Waals surface area (Å²) in [6.07, 6.45) is 0. The maximum Gasteiger partial charge on any atom is 0.344 e. The first kappa shape index (κ1) is 11.8. The van der Waals surface area contributed by atoms with Crippen LogP contribution in [0.3, 0.4) is 0 Å². The Hall–Kier alpha value is -1.29. The quantitative estimate of drug-likeness (QED) is 0.729. The molecule has 1 heterocycles. The van der Waals surface area contributed by atoms with Crippen LogP contribution in [0.5, 0.6) is 5.88 Å². The summed E-state index contributed by atoms with van der Waals surface area (Å²) in [7, 11) is 2.72. The second-order valence-corrected chi connectivity index (χ2v) is 3.39. The van der Waals surface area contributed by atoms with Crippen molar-refractivity contribution in [2.45, 2.75) is 13.8 Å². The van der Waals surface area contributed by atoms with Gasteiger partial charge in [-0.05, 0) is 19.4 Å². The highest BCUT2D eigenvalue weighted by atomic mass is 35.5. The molecule has 0 unspecified atom stereocenters. The lowest BCUT2D eigenvalue weighted by Gasteiger charge is -2.11. The van der Waals surface area contributed by atoms with Gasteiger partial charge in [0, 0.05) is 5.69 Å². The molecule has 0 spiro atoms. The first-order valence-corrected chi connectivity index (χ1v) is 4.69. The maximum absolute atomic E-state index is 11.5. The number of pyridine rings is 1. The second kappa shape index (κ2) is 4.49. The lowest BCUT2D eigenvalue weighted by molar-refractivity contribution is 0.0596. The lowest BCUT2D eigenvalue weighted by atomic mass is 10.1. The van der Waals surface area contributed by atoms with Gasteiger partial charge in [-0.2, -0.15) is 0 Å². The number of aryl methyl sites for hydroxylation is 1. The summed E-state index contributed by atoms with van der Waals surface area (Å²) in [6, 6.07) is 0. The third-order valence-corrected chi connectivity index (χ3v) is 2.63. The van der Waals surface area contributed by atoms with Gasteiger partial charge >= 0.3 is 5.97 Å². The van der Waals surface area contributed by atoms with Gasteiger partial charge in [0.15, 0.2) is 0 Å². The summed E-state index contributed by atoms with van der Waals surface area (Å²) in [6.45, 7) is 3.58. The zero-order chi connectivity index (χ0) is 11.6. The topological polar surface area (TPSA) is 48.4 Å². The Balaban J connectivity index is 3.47. The van der Waals surface area contributed by atoms with Gasteiger partial charge in [0.05, 0.1) is 19.2 Å². The molecule has 0 aromatic carbocycles. The molecule has 0 aliphatic heterocycles. The van der Waals surface area contributed by atoms with Crippen molar-refractivity contribution in [1.82, 2.24) is 4.98 Å². The van der Waals surface area contributed by atoms with E-state index in [2.05, 4.69) is 9.72 Å². The number of hydrogen-bond donors (Lipinski definition) is 0. The van der Waals surface area contributed by atoms with E-state index in [1.165, 1.54) is 14.2 Å². The summed E-state index contributed by atoms with van der Waals surface area (Å²) < 4.78 is 9.60. The van der Waals surface area contributed by atoms with Gasteiger partial charge in [-0.25, -0.2) is 9.78 Å². The van der Waals surface area contributed by atoms with Gasteiger partial charge < -0.3 is 9.47 Å². The molecule has 1 aromatic heterocycles. The van der Waals surface area contributed by atoms with Crippen LogP contribution in [0.15, 0.2) is 0 Å². The molecule has 0 bridgehead atoms. The summed E-state index contributed by atoms with van der Waals surface area (Å²) in [5.41, 5.74) is 1.65. The molecule has 15 heavy (non-hydrogen) atoms. The van der Waals surface area contributed by atoms with Gasteiger partial charge in [0.25, 0.3) is 0 Å². The number of ether oxygens (including phenoxy) is 2. The van der Waals surface area contributed by atoms with Crippen LogP contribution in [-0.2, 0) is 4.74 Å². The predicted octanol–water partition coefficient (Wildman–Crippen LogP) is 2.15. The smallest absolute Gasteiger partial charge is 0.344 e. The van der Waals surface area contributed by atoms with Crippen LogP contribution in [0.1, 0.15) is 21.6 Å². The number of rotatable bonds is 2. The Bertz CT molecular complexity index is 404. The molecule has 82 valence electrons. The van der Waals surface area contributed by atoms with Crippen LogP contribution in [0, 0.1) is 13.8 Å². The molecule has 1 aromatic rings. The van der Waals surface area contributed by atoms with E-state index in [4.69, 9.17) is 16.3 Å². The lowest BCUT2D eigenvalue weighted by Crippen LogP contribution is -2.09. The molecular weight excluding hydrogens is 218 g/mol. The number of halogens is 1. The molecule has 0 fully saturated rings. The number of hydrogen-bond acceptors (Lipinski definition) is 4. The SMILES string of the molecule is COC(=O)c1c(OC)nc(C)c(C)c1Cl. The highest BCUT2D eigenvalue weighted by molar-refractivity contribution is 6.34. The summed E-state index contributed by atoms with van der Waals surface area (Å²) in [5, 5.41) is 0.325. The zero-order valence-corrected chi connectivity index (χ0v) is 9.81. The summed E-state index contributed by atoms with van der Waals surface area (Å²) >= 11 is 6.04. The van der Waals surface area contributed by atoms with E-state index < -0.39 is 5.97 Å². The molecule has 0 saturated heterocycles. The number of aromatic nitrogens is 1. The van der Waals surface area contributed by atoms with Crippen molar-refractivity contribution in [3.8, 4) is 5.88 Å². The Morgan fingerprint density at radius 1 is 1.33 bits per heavy atom. The Kier molecular flexibility index (Phi) is 3.52. The number of carbonyl (C=O) groups is 1. The first-order chi connectivity index (χ1) is 7.02. The van der Waals surface area contributed by atoms with Crippen molar-refractivity contribution in [2.75, 3.05) is 14.2 Å². The van der Waals surface area contributed by atoms with Crippen LogP contribution in [-0.4, -0.2) is 25.2 Å². The molecule has 1 rings (SSSR count). The molecule has 0 amide bonds. The minimum Gasteiger partial charge on any atom is -0.480 e. The summed E-state index contributed by atoms with van der Waals surface area (Å²) in [5.74, 6) is -0.359. The van der Waals surface area contributed by atoms with Crippen LogP contribution >= 0.6 is 11.6 Å². The third kappa shape index (κ3) is 2.04. The highest BCUT2D eigenvalue weighted by Gasteiger charge is 2.21. The molecular formula is C10H12ClNO3. The van der Waals surface area contributed by atoms with E-state index in [-0.39, 0.29) is 11.4 Å². The Morgan fingerprint density at radius 3 is 2.40 bits per heavy atom. The van der Waals surface area contributed by atoms with Gasteiger partial charge in [0.1, 0.15) is 5.56 Å². The van der Waals surface area contributed by atoms with E-state index >= 15 is 0 Å². The first-order valence-electron chi connectivity index (χ1n) is 4.32. The van der Waals surface area contributed by atoms with Crippen molar-refractivity contribution in [3.63, 3.8) is 0 Å². The fourth-order valence-electron chi connectivity index (χ4n) is 1.16. The van der Waals surface area contributed by atoms with E-state index in [9.17, 15) is 4.79 Å². The number of esters is 1. The van der Waals surface area contributed by atoms with Crippen LogP contribution in [0.25, 0.3) is 0 Å². The van der Waals surface area contributed by atoms with Crippen molar-refractivity contribution in [2.24, 2.45) is 0 Å². The zero-order valence-electron chi connectivity index (χ0n) is 9.05. The molecule has 0 atom stereocenters. The molecule has 0 aliphatic carbocycles. The second-order valence-electron chi connectivity index (χ2n) is 3.01. The van der Waals surface area contributed by atoms with Crippen LogP contribution < -0.4 is 4.74 Å². The maximum atomic E-state index is 11.5. The highest BCUT2D eigenvalue weighted by Crippen LogP contribution is 2.29. The monoisotopic (exact) mass is 229 g/mol. The standard InChI is InChI=1S/C10H12ClNO3/c1-5-6(2)12-9(14-3)7(8(5)11)10(13)15-4/h1-4H3. The van der Waals surface area contributed by atoms with Crippen molar-refractivity contribution < 1.29 is 14.3 Å². The molecule has 0 radical (unpaired) electrons. The molecule has 0 N–H and O–H groups in total. The predicted molar refractivity (Wildman–Crippen MR) is 56.6 cm³/mol. The van der Waals surface area contributed by atoms with Gasteiger partial charge in [-0.15, -0.1) is 0 Å². The van der Waals surface area contributed by atoms with Crippen LogP contribution in [0.4, 0.5) is 0 Å². The normalized spacial score (nSPS) is 9.93. The van der Waals surface area contributed by atoms with Crippen molar-refractivity contribution >= 4 is 17.6 Å². The minimum atomic E-state index is -0.549. The fourth-order valence-corrected chi connectivity index (χ4v) is 1.45. The van der Waals surface area contributed by atoms with E-state index in [0.29, 0.717) is 5.02 Å².